The van der Waals surface area contributed by atoms with E-state index < -0.39 is 0 Å². The number of amides is 1. The Labute approximate surface area is 149 Å². The summed E-state index contributed by atoms with van der Waals surface area (Å²) in [5.41, 5.74) is 2.50. The van der Waals surface area contributed by atoms with Gasteiger partial charge in [0.15, 0.2) is 11.6 Å². The number of carbonyl (C=O) groups excluding carboxylic acids is 1. The minimum absolute atomic E-state index is 0.280. The molecule has 4 aromatic rings. The zero-order valence-electron chi connectivity index (χ0n) is 13.7. The van der Waals surface area contributed by atoms with Crippen LogP contribution in [0.15, 0.2) is 78.1 Å². The van der Waals surface area contributed by atoms with Crippen molar-refractivity contribution in [3.63, 3.8) is 0 Å². The number of nitrogens with one attached hydrogen (secondary N) is 1. The lowest BCUT2D eigenvalue weighted by atomic mass is 10.1. The second-order valence-electron chi connectivity index (χ2n) is 5.54. The van der Waals surface area contributed by atoms with E-state index in [0.29, 0.717) is 5.82 Å². The van der Waals surface area contributed by atoms with Gasteiger partial charge in [-0.25, -0.2) is 14.6 Å². The standard InChI is InChI=1S/C19H15N5O2/c25-19(17-16(8-10-26-17)14-5-2-1-3-6-14)22-11-15-7-4-9-21-18(15)24-13-20-12-23-24/h1-10,12-13H,11H2,(H,22,25). The first-order valence-corrected chi connectivity index (χ1v) is 8.03. The van der Waals surface area contributed by atoms with Crippen molar-refractivity contribution in [2.24, 2.45) is 0 Å². The third-order valence-corrected chi connectivity index (χ3v) is 3.90. The minimum Gasteiger partial charge on any atom is -0.459 e. The summed E-state index contributed by atoms with van der Waals surface area (Å²) in [7, 11) is 0. The molecule has 7 nitrogen and oxygen atoms in total. The number of hydrogen-bond donors (Lipinski definition) is 1. The van der Waals surface area contributed by atoms with Crippen molar-refractivity contribution in [1.82, 2.24) is 25.1 Å². The molecule has 128 valence electrons. The number of hydrogen-bond acceptors (Lipinski definition) is 5. The Balaban J connectivity index is 1.54. The first-order chi connectivity index (χ1) is 12.8. The molecule has 0 aliphatic carbocycles. The van der Waals surface area contributed by atoms with Gasteiger partial charge in [0.1, 0.15) is 12.7 Å². The zero-order valence-corrected chi connectivity index (χ0v) is 13.7. The van der Waals surface area contributed by atoms with E-state index in [0.717, 1.165) is 16.7 Å². The van der Waals surface area contributed by atoms with Gasteiger partial charge >= 0.3 is 0 Å². The van der Waals surface area contributed by atoms with Crippen molar-refractivity contribution in [2.75, 3.05) is 0 Å². The molecule has 0 saturated carbocycles. The highest BCUT2D eigenvalue weighted by Gasteiger charge is 2.17. The molecule has 1 aromatic carbocycles. The molecule has 3 heterocycles. The number of pyridine rings is 1. The Bertz CT molecular complexity index is 1010. The lowest BCUT2D eigenvalue weighted by Gasteiger charge is -2.09. The molecule has 26 heavy (non-hydrogen) atoms. The van der Waals surface area contributed by atoms with E-state index in [1.807, 2.05) is 42.5 Å². The zero-order chi connectivity index (χ0) is 17.8. The summed E-state index contributed by atoms with van der Waals surface area (Å²) in [4.78, 5) is 20.9. The van der Waals surface area contributed by atoms with E-state index >= 15 is 0 Å². The first kappa shape index (κ1) is 15.8. The van der Waals surface area contributed by atoms with Crippen LogP contribution in [0.2, 0.25) is 0 Å². The van der Waals surface area contributed by atoms with E-state index in [2.05, 4.69) is 20.4 Å². The number of carbonyl (C=O) groups is 1. The number of rotatable bonds is 5. The molecular formula is C19H15N5O2. The topological polar surface area (TPSA) is 85.8 Å². The average molecular weight is 345 g/mol. The van der Waals surface area contributed by atoms with E-state index in [1.165, 1.54) is 12.6 Å². The van der Waals surface area contributed by atoms with Crippen LogP contribution in [-0.2, 0) is 6.54 Å². The maximum atomic E-state index is 12.6. The van der Waals surface area contributed by atoms with Crippen LogP contribution in [-0.4, -0.2) is 25.7 Å². The molecule has 1 amide bonds. The van der Waals surface area contributed by atoms with Crippen molar-refractivity contribution in [3.8, 4) is 16.9 Å². The minimum atomic E-state index is -0.290. The number of nitrogens with zero attached hydrogens (tertiary/aromatic N) is 4. The van der Waals surface area contributed by atoms with E-state index in [4.69, 9.17) is 4.42 Å². The van der Waals surface area contributed by atoms with Gasteiger partial charge in [-0.2, -0.15) is 5.10 Å². The maximum Gasteiger partial charge on any atom is 0.287 e. The van der Waals surface area contributed by atoms with Crippen molar-refractivity contribution >= 4 is 5.91 Å². The summed E-state index contributed by atoms with van der Waals surface area (Å²) in [6, 6.07) is 15.1. The summed E-state index contributed by atoms with van der Waals surface area (Å²) >= 11 is 0. The lowest BCUT2D eigenvalue weighted by Crippen LogP contribution is -2.24. The highest BCUT2D eigenvalue weighted by Crippen LogP contribution is 2.24. The Hall–Kier alpha value is -3.74. The molecule has 4 rings (SSSR count). The third-order valence-electron chi connectivity index (χ3n) is 3.90. The summed E-state index contributed by atoms with van der Waals surface area (Å²) in [6.07, 6.45) is 6.18. The van der Waals surface area contributed by atoms with Gasteiger partial charge in [-0.1, -0.05) is 36.4 Å². The van der Waals surface area contributed by atoms with Crippen LogP contribution in [0, 0.1) is 0 Å². The maximum absolute atomic E-state index is 12.6. The second-order valence-corrected chi connectivity index (χ2v) is 5.54. The molecule has 0 aliphatic rings. The molecule has 0 bridgehead atoms. The number of benzene rings is 1. The van der Waals surface area contributed by atoms with Gasteiger partial charge in [-0.15, -0.1) is 0 Å². The van der Waals surface area contributed by atoms with Gasteiger partial charge in [0.25, 0.3) is 5.91 Å². The van der Waals surface area contributed by atoms with E-state index in [-0.39, 0.29) is 18.2 Å². The number of aromatic nitrogens is 4. The fraction of sp³-hybridized carbons (Fsp3) is 0.0526. The monoisotopic (exact) mass is 345 g/mol. The summed E-state index contributed by atoms with van der Waals surface area (Å²) in [5.74, 6) is 0.609. The number of furan rings is 1. The summed E-state index contributed by atoms with van der Waals surface area (Å²) < 4.78 is 6.98. The molecule has 0 fully saturated rings. The van der Waals surface area contributed by atoms with Gasteiger partial charge in [0.05, 0.1) is 6.26 Å². The van der Waals surface area contributed by atoms with Crippen LogP contribution in [0.5, 0.6) is 0 Å². The predicted molar refractivity (Wildman–Crippen MR) is 94.5 cm³/mol. The average Bonchev–Trinajstić information content (AvgIpc) is 3.39. The van der Waals surface area contributed by atoms with Crippen LogP contribution >= 0.6 is 0 Å². The van der Waals surface area contributed by atoms with Gasteiger partial charge in [-0.3, -0.25) is 4.79 Å². The Kier molecular flexibility index (Phi) is 4.26. The molecule has 0 aliphatic heterocycles. The van der Waals surface area contributed by atoms with E-state index in [9.17, 15) is 4.79 Å². The van der Waals surface area contributed by atoms with Gasteiger partial charge in [-0.05, 0) is 17.7 Å². The van der Waals surface area contributed by atoms with Crippen molar-refractivity contribution in [3.05, 3.63) is 85.0 Å². The van der Waals surface area contributed by atoms with Crippen LogP contribution in [0.4, 0.5) is 0 Å². The Morgan fingerprint density at radius 2 is 2.00 bits per heavy atom. The molecule has 3 aromatic heterocycles. The van der Waals surface area contributed by atoms with Crippen LogP contribution in [0.1, 0.15) is 16.1 Å². The largest absolute Gasteiger partial charge is 0.459 e. The van der Waals surface area contributed by atoms with Gasteiger partial charge in [0.2, 0.25) is 0 Å². The molecule has 7 heteroatoms. The predicted octanol–water partition coefficient (Wildman–Crippen LogP) is 2.85. The highest BCUT2D eigenvalue weighted by molar-refractivity contribution is 5.98. The quantitative estimate of drug-likeness (QED) is 0.601. The molecule has 0 radical (unpaired) electrons. The highest BCUT2D eigenvalue weighted by atomic mass is 16.3. The molecule has 0 unspecified atom stereocenters. The molecule has 0 atom stereocenters. The van der Waals surface area contributed by atoms with Crippen LogP contribution in [0.25, 0.3) is 16.9 Å². The fourth-order valence-electron chi connectivity index (χ4n) is 2.68. The smallest absolute Gasteiger partial charge is 0.287 e. The van der Waals surface area contributed by atoms with Crippen molar-refractivity contribution in [1.29, 1.82) is 0 Å². The van der Waals surface area contributed by atoms with Crippen molar-refractivity contribution < 1.29 is 9.21 Å². The SMILES string of the molecule is O=C(NCc1cccnc1-n1cncn1)c1occc1-c1ccccc1. The van der Waals surface area contributed by atoms with Crippen LogP contribution < -0.4 is 5.32 Å². The normalized spacial score (nSPS) is 10.6. The summed E-state index contributed by atoms with van der Waals surface area (Å²) in [6.45, 7) is 0.288. The molecule has 0 saturated heterocycles. The van der Waals surface area contributed by atoms with Crippen LogP contribution in [0.3, 0.4) is 0 Å². The molecule has 1 N–H and O–H groups in total. The van der Waals surface area contributed by atoms with Gasteiger partial charge in [0, 0.05) is 23.9 Å². The molecule has 0 spiro atoms. The van der Waals surface area contributed by atoms with Crippen molar-refractivity contribution in [2.45, 2.75) is 6.54 Å². The lowest BCUT2D eigenvalue weighted by molar-refractivity contribution is 0.0924. The van der Waals surface area contributed by atoms with Gasteiger partial charge < -0.3 is 9.73 Å². The second kappa shape index (κ2) is 7.02. The third kappa shape index (κ3) is 3.10. The Morgan fingerprint density at radius 3 is 2.81 bits per heavy atom. The first-order valence-electron chi connectivity index (χ1n) is 8.03. The van der Waals surface area contributed by atoms with E-state index in [1.54, 1.807) is 23.3 Å². The Morgan fingerprint density at radius 1 is 1.12 bits per heavy atom. The molecular weight excluding hydrogens is 330 g/mol. The summed E-state index contributed by atoms with van der Waals surface area (Å²) in [5, 5.41) is 6.97. The fourth-order valence-corrected chi connectivity index (χ4v) is 2.68.